The fourth-order valence-electron chi connectivity index (χ4n) is 1.63. The molecule has 0 fully saturated rings. The Morgan fingerprint density at radius 1 is 1.41 bits per heavy atom. The summed E-state index contributed by atoms with van der Waals surface area (Å²) < 4.78 is 5.20. The van der Waals surface area contributed by atoms with Gasteiger partial charge in [-0.05, 0) is 26.1 Å². The molecule has 1 aromatic carbocycles. The number of methoxy groups -OCH3 is 1. The van der Waals surface area contributed by atoms with E-state index >= 15 is 0 Å². The van der Waals surface area contributed by atoms with Gasteiger partial charge in [-0.25, -0.2) is 4.98 Å². The molecule has 90 valence electrons. The van der Waals surface area contributed by atoms with Gasteiger partial charge >= 0.3 is 0 Å². The Kier molecular flexibility index (Phi) is 3.44. The molecule has 1 aromatic heterocycles. The minimum Gasteiger partial charge on any atom is -0.497 e. The van der Waals surface area contributed by atoms with Crippen LogP contribution in [0, 0.1) is 0 Å². The number of nitrogens with zero attached hydrogens (tertiary/aromatic N) is 1. The van der Waals surface area contributed by atoms with Crippen LogP contribution >= 0.6 is 0 Å². The van der Waals surface area contributed by atoms with Crippen molar-refractivity contribution < 1.29 is 4.74 Å². The van der Waals surface area contributed by atoms with Gasteiger partial charge in [0.25, 0.3) is 0 Å². The molecule has 2 aromatic rings. The second-order valence-corrected chi connectivity index (χ2v) is 3.93. The monoisotopic (exact) mass is 231 g/mol. The van der Waals surface area contributed by atoms with Crippen LogP contribution in [0.15, 0.2) is 30.5 Å². The lowest BCUT2D eigenvalue weighted by Crippen LogP contribution is -2.12. The molecular weight excluding hydrogens is 214 g/mol. The van der Waals surface area contributed by atoms with Crippen LogP contribution in [0.5, 0.6) is 5.75 Å². The van der Waals surface area contributed by atoms with Crippen molar-refractivity contribution in [3.05, 3.63) is 36.2 Å². The van der Waals surface area contributed by atoms with Gasteiger partial charge < -0.3 is 15.0 Å². The second kappa shape index (κ2) is 5.01. The molecule has 0 spiro atoms. The van der Waals surface area contributed by atoms with Gasteiger partial charge in [-0.15, -0.1) is 0 Å². The van der Waals surface area contributed by atoms with Gasteiger partial charge in [0.1, 0.15) is 11.6 Å². The molecule has 0 aliphatic carbocycles. The highest BCUT2D eigenvalue weighted by atomic mass is 16.5. The van der Waals surface area contributed by atoms with Gasteiger partial charge in [0, 0.05) is 11.6 Å². The van der Waals surface area contributed by atoms with E-state index in [0.29, 0.717) is 0 Å². The lowest BCUT2D eigenvalue weighted by atomic mass is 10.2. The number of imidazole rings is 1. The SMILES string of the molecule is CNC(C)c1cnc(-c2cccc(OC)c2)[nH]1. The normalized spacial score (nSPS) is 12.4. The van der Waals surface area contributed by atoms with Gasteiger partial charge in [0.2, 0.25) is 0 Å². The molecule has 17 heavy (non-hydrogen) atoms. The average Bonchev–Trinajstić information content (AvgIpc) is 2.87. The topological polar surface area (TPSA) is 49.9 Å². The summed E-state index contributed by atoms with van der Waals surface area (Å²) in [5.74, 6) is 1.70. The molecule has 1 unspecified atom stereocenters. The average molecular weight is 231 g/mol. The van der Waals surface area contributed by atoms with E-state index in [2.05, 4.69) is 22.2 Å². The fourth-order valence-corrected chi connectivity index (χ4v) is 1.63. The largest absolute Gasteiger partial charge is 0.497 e. The first-order chi connectivity index (χ1) is 8.24. The van der Waals surface area contributed by atoms with Crippen LogP contribution in [0.25, 0.3) is 11.4 Å². The number of nitrogens with one attached hydrogen (secondary N) is 2. The quantitative estimate of drug-likeness (QED) is 0.849. The smallest absolute Gasteiger partial charge is 0.137 e. The summed E-state index contributed by atoms with van der Waals surface area (Å²) in [4.78, 5) is 7.68. The minimum absolute atomic E-state index is 0.266. The van der Waals surface area contributed by atoms with E-state index in [1.165, 1.54) is 0 Å². The standard InChI is InChI=1S/C13H17N3O/c1-9(14-2)12-8-15-13(16-12)10-5-4-6-11(7-10)17-3/h4-9,14H,1-3H3,(H,15,16). The van der Waals surface area contributed by atoms with E-state index in [0.717, 1.165) is 22.8 Å². The van der Waals surface area contributed by atoms with E-state index in [-0.39, 0.29) is 6.04 Å². The molecule has 1 atom stereocenters. The molecule has 1 heterocycles. The molecule has 0 saturated heterocycles. The van der Waals surface area contributed by atoms with Gasteiger partial charge in [-0.3, -0.25) is 0 Å². The Labute approximate surface area is 101 Å². The van der Waals surface area contributed by atoms with Crippen molar-refractivity contribution >= 4 is 0 Å². The van der Waals surface area contributed by atoms with Crippen molar-refractivity contribution in [2.45, 2.75) is 13.0 Å². The van der Waals surface area contributed by atoms with Crippen molar-refractivity contribution in [3.63, 3.8) is 0 Å². The zero-order chi connectivity index (χ0) is 12.3. The maximum absolute atomic E-state index is 5.20. The minimum atomic E-state index is 0.266. The molecule has 0 radical (unpaired) electrons. The van der Waals surface area contributed by atoms with Crippen molar-refractivity contribution in [3.8, 4) is 17.1 Å². The van der Waals surface area contributed by atoms with Crippen LogP contribution in [-0.2, 0) is 0 Å². The molecule has 4 heteroatoms. The predicted octanol–water partition coefficient (Wildman–Crippen LogP) is 2.37. The third kappa shape index (κ3) is 2.47. The van der Waals surface area contributed by atoms with Crippen molar-refractivity contribution in [1.29, 1.82) is 0 Å². The Morgan fingerprint density at radius 2 is 2.24 bits per heavy atom. The molecule has 0 amide bonds. The number of aromatic nitrogens is 2. The summed E-state index contributed by atoms with van der Waals surface area (Å²) in [6.45, 7) is 2.09. The lowest BCUT2D eigenvalue weighted by molar-refractivity contribution is 0.415. The molecule has 0 saturated carbocycles. The van der Waals surface area contributed by atoms with Gasteiger partial charge in [-0.2, -0.15) is 0 Å². The number of hydrogen-bond donors (Lipinski definition) is 2. The second-order valence-electron chi connectivity index (χ2n) is 3.93. The first kappa shape index (κ1) is 11.7. The Bertz CT molecular complexity index is 493. The number of rotatable bonds is 4. The third-order valence-electron chi connectivity index (χ3n) is 2.84. The van der Waals surface area contributed by atoms with Crippen molar-refractivity contribution in [1.82, 2.24) is 15.3 Å². The van der Waals surface area contributed by atoms with Gasteiger partial charge in [0.15, 0.2) is 0 Å². The summed E-state index contributed by atoms with van der Waals surface area (Å²) in [5, 5.41) is 3.17. The van der Waals surface area contributed by atoms with Crippen LogP contribution in [0.4, 0.5) is 0 Å². The van der Waals surface area contributed by atoms with E-state index in [9.17, 15) is 0 Å². The number of hydrogen-bond acceptors (Lipinski definition) is 3. The third-order valence-corrected chi connectivity index (χ3v) is 2.84. The van der Waals surface area contributed by atoms with E-state index in [1.54, 1.807) is 7.11 Å². The summed E-state index contributed by atoms with van der Waals surface area (Å²) in [7, 11) is 3.59. The first-order valence-corrected chi connectivity index (χ1v) is 5.61. The lowest BCUT2D eigenvalue weighted by Gasteiger charge is -2.06. The van der Waals surface area contributed by atoms with E-state index in [4.69, 9.17) is 4.74 Å². The first-order valence-electron chi connectivity index (χ1n) is 5.61. The Morgan fingerprint density at radius 3 is 2.94 bits per heavy atom. The molecule has 2 rings (SSSR count). The van der Waals surface area contributed by atoms with Crippen molar-refractivity contribution in [2.75, 3.05) is 14.2 Å². The maximum atomic E-state index is 5.20. The molecule has 4 nitrogen and oxygen atoms in total. The number of H-pyrrole nitrogens is 1. The summed E-state index contributed by atoms with van der Waals surface area (Å²) >= 11 is 0. The molecule has 0 aliphatic heterocycles. The molecular formula is C13H17N3O. The van der Waals surface area contributed by atoms with Crippen LogP contribution in [-0.4, -0.2) is 24.1 Å². The maximum Gasteiger partial charge on any atom is 0.137 e. The Hall–Kier alpha value is -1.81. The molecule has 0 aliphatic rings. The van der Waals surface area contributed by atoms with Crippen LogP contribution in [0.1, 0.15) is 18.7 Å². The van der Waals surface area contributed by atoms with Crippen molar-refractivity contribution in [2.24, 2.45) is 0 Å². The summed E-state index contributed by atoms with van der Waals surface area (Å²) in [5.41, 5.74) is 2.10. The highest BCUT2D eigenvalue weighted by Gasteiger charge is 2.08. The zero-order valence-electron chi connectivity index (χ0n) is 10.3. The zero-order valence-corrected chi connectivity index (χ0v) is 10.3. The van der Waals surface area contributed by atoms with Crippen LogP contribution < -0.4 is 10.1 Å². The van der Waals surface area contributed by atoms with Crippen LogP contribution in [0.3, 0.4) is 0 Å². The number of ether oxygens (including phenoxy) is 1. The highest BCUT2D eigenvalue weighted by Crippen LogP contribution is 2.22. The molecule has 0 bridgehead atoms. The van der Waals surface area contributed by atoms with E-state index < -0.39 is 0 Å². The van der Waals surface area contributed by atoms with Crippen LogP contribution in [0.2, 0.25) is 0 Å². The highest BCUT2D eigenvalue weighted by molar-refractivity contribution is 5.57. The Balaban J connectivity index is 2.30. The summed E-state index contributed by atoms with van der Waals surface area (Å²) in [6.07, 6.45) is 1.86. The fraction of sp³-hybridized carbons (Fsp3) is 0.308. The summed E-state index contributed by atoms with van der Waals surface area (Å²) in [6, 6.07) is 8.12. The van der Waals surface area contributed by atoms with Gasteiger partial charge in [0.05, 0.1) is 19.0 Å². The number of aromatic amines is 1. The predicted molar refractivity (Wildman–Crippen MR) is 68.1 cm³/mol. The van der Waals surface area contributed by atoms with Gasteiger partial charge in [-0.1, -0.05) is 12.1 Å². The molecule has 2 N–H and O–H groups in total. The number of benzene rings is 1. The van der Waals surface area contributed by atoms with E-state index in [1.807, 2.05) is 37.5 Å².